The largest absolute Gasteiger partial charge is 0.507 e. The summed E-state index contributed by atoms with van der Waals surface area (Å²) in [6, 6.07) is 9.10. The molecule has 1 N–H and O–H groups in total. The van der Waals surface area contributed by atoms with Crippen molar-refractivity contribution in [2.75, 3.05) is 0 Å². The Kier molecular flexibility index (Phi) is 3.30. The van der Waals surface area contributed by atoms with Gasteiger partial charge in [-0.3, -0.25) is 0 Å². The number of nitrogens with zero attached hydrogens (tertiary/aromatic N) is 1. The van der Waals surface area contributed by atoms with Gasteiger partial charge in [0.2, 0.25) is 0 Å². The third-order valence-corrected chi connectivity index (χ3v) is 3.33. The van der Waals surface area contributed by atoms with Gasteiger partial charge in [0.1, 0.15) is 10.4 Å². The number of rotatable bonds is 1. The number of phenolic OH excluding ortho intramolecular Hbond substituents is 1. The van der Waals surface area contributed by atoms with Crippen molar-refractivity contribution in [3.63, 3.8) is 0 Å². The zero-order valence-electron chi connectivity index (χ0n) is 8.54. The molecule has 0 aliphatic carbocycles. The number of hydrogen-bond donors (Lipinski definition) is 1. The number of pyridine rings is 1. The molecule has 0 aliphatic heterocycles. The number of phenols is 1. The van der Waals surface area contributed by atoms with Crippen LogP contribution in [0.4, 0.5) is 0 Å². The molecule has 0 bridgehead atoms. The Morgan fingerprint density at radius 1 is 1.19 bits per heavy atom. The van der Waals surface area contributed by atoms with E-state index in [-0.39, 0.29) is 5.75 Å². The lowest BCUT2D eigenvalue weighted by Crippen LogP contribution is -1.90. The minimum absolute atomic E-state index is 0.260. The summed E-state index contributed by atoms with van der Waals surface area (Å²) in [4.78, 5) is 4.33. The number of benzene rings is 1. The van der Waals surface area contributed by atoms with Gasteiger partial charge in [-0.25, -0.2) is 4.98 Å². The third-order valence-electron chi connectivity index (χ3n) is 2.29. The number of hydrogen-bond acceptors (Lipinski definition) is 2. The lowest BCUT2D eigenvalue weighted by atomic mass is 10.0. The Labute approximate surface area is 111 Å². The molecule has 1 aromatic heterocycles. The van der Waals surface area contributed by atoms with Crippen LogP contribution in [-0.2, 0) is 0 Å². The molecule has 2 rings (SSSR count). The minimum atomic E-state index is 0.260. The van der Waals surface area contributed by atoms with Gasteiger partial charge in [0.05, 0.1) is 0 Å². The summed E-state index contributed by atoms with van der Waals surface area (Å²) in [5.41, 5.74) is 2.57. The highest BCUT2D eigenvalue weighted by molar-refractivity contribution is 9.11. The Hall–Kier alpha value is -0.870. The van der Waals surface area contributed by atoms with Crippen LogP contribution in [0.25, 0.3) is 11.1 Å². The summed E-state index contributed by atoms with van der Waals surface area (Å²) in [5.74, 6) is 0.260. The van der Waals surface area contributed by atoms with Gasteiger partial charge in [-0.1, -0.05) is 18.2 Å². The molecule has 0 amide bonds. The average molecular weight is 343 g/mol. The molecular weight excluding hydrogens is 334 g/mol. The molecule has 0 saturated carbocycles. The molecule has 2 nitrogen and oxygen atoms in total. The topological polar surface area (TPSA) is 33.1 Å². The van der Waals surface area contributed by atoms with Crippen LogP contribution in [0.15, 0.2) is 39.4 Å². The molecule has 82 valence electrons. The van der Waals surface area contributed by atoms with E-state index in [0.717, 1.165) is 25.9 Å². The number of aromatic hydroxyl groups is 1. The predicted molar refractivity (Wildman–Crippen MR) is 71.5 cm³/mol. The quantitative estimate of drug-likeness (QED) is 0.784. The van der Waals surface area contributed by atoms with Gasteiger partial charge in [-0.2, -0.15) is 0 Å². The average Bonchev–Trinajstić information content (AvgIpc) is 2.19. The molecule has 2 aromatic rings. The maximum absolute atomic E-state index is 9.82. The number of aryl methyl sites for hydroxylation is 1. The van der Waals surface area contributed by atoms with Crippen LogP contribution < -0.4 is 0 Å². The maximum atomic E-state index is 9.82. The monoisotopic (exact) mass is 341 g/mol. The first-order valence-electron chi connectivity index (χ1n) is 4.70. The first kappa shape index (κ1) is 11.6. The maximum Gasteiger partial charge on any atom is 0.123 e. The Morgan fingerprint density at radius 2 is 1.88 bits per heavy atom. The summed E-state index contributed by atoms with van der Waals surface area (Å²) in [5, 5.41) is 9.82. The Bertz CT molecular complexity index is 517. The van der Waals surface area contributed by atoms with Gasteiger partial charge < -0.3 is 5.11 Å². The fourth-order valence-corrected chi connectivity index (χ4v) is 3.13. The summed E-state index contributed by atoms with van der Waals surface area (Å²) >= 11 is 6.82. The molecule has 16 heavy (non-hydrogen) atoms. The normalized spacial score (nSPS) is 10.4. The Balaban J connectivity index is 2.70. The van der Waals surface area contributed by atoms with E-state index in [1.54, 1.807) is 12.1 Å². The molecule has 0 spiro atoms. The van der Waals surface area contributed by atoms with Crippen molar-refractivity contribution < 1.29 is 5.11 Å². The second kappa shape index (κ2) is 4.55. The van der Waals surface area contributed by atoms with E-state index in [2.05, 4.69) is 36.8 Å². The molecule has 0 fully saturated rings. The summed E-state index contributed by atoms with van der Waals surface area (Å²) in [6.45, 7) is 1.91. The smallest absolute Gasteiger partial charge is 0.123 e. The molecule has 4 heteroatoms. The van der Waals surface area contributed by atoms with Crippen LogP contribution in [0.3, 0.4) is 0 Å². The van der Waals surface area contributed by atoms with Crippen molar-refractivity contribution in [1.82, 2.24) is 4.98 Å². The van der Waals surface area contributed by atoms with E-state index in [4.69, 9.17) is 0 Å². The van der Waals surface area contributed by atoms with Crippen LogP contribution >= 0.6 is 31.9 Å². The van der Waals surface area contributed by atoms with Crippen molar-refractivity contribution in [3.05, 3.63) is 45.1 Å². The van der Waals surface area contributed by atoms with E-state index < -0.39 is 0 Å². The SMILES string of the molecule is Cc1nc(Br)cc(Br)c1-c1ccccc1O. The van der Waals surface area contributed by atoms with Gasteiger partial charge in [-0.05, 0) is 50.9 Å². The molecule has 0 saturated heterocycles. The lowest BCUT2D eigenvalue weighted by Gasteiger charge is -2.10. The van der Waals surface area contributed by atoms with E-state index in [1.165, 1.54) is 0 Å². The highest BCUT2D eigenvalue weighted by Gasteiger charge is 2.12. The zero-order valence-corrected chi connectivity index (χ0v) is 11.7. The first-order valence-corrected chi connectivity index (χ1v) is 6.29. The third kappa shape index (κ3) is 2.13. The highest BCUT2D eigenvalue weighted by atomic mass is 79.9. The second-order valence-electron chi connectivity index (χ2n) is 3.40. The van der Waals surface area contributed by atoms with Gasteiger partial charge in [0, 0.05) is 21.3 Å². The minimum Gasteiger partial charge on any atom is -0.507 e. The van der Waals surface area contributed by atoms with Gasteiger partial charge in [-0.15, -0.1) is 0 Å². The van der Waals surface area contributed by atoms with Crippen LogP contribution in [0.5, 0.6) is 5.75 Å². The van der Waals surface area contributed by atoms with Crippen molar-refractivity contribution in [2.24, 2.45) is 0 Å². The second-order valence-corrected chi connectivity index (χ2v) is 5.07. The molecule has 1 aromatic carbocycles. The van der Waals surface area contributed by atoms with Crippen LogP contribution in [0, 0.1) is 6.92 Å². The van der Waals surface area contributed by atoms with E-state index in [0.29, 0.717) is 0 Å². The predicted octanol–water partition coefficient (Wildman–Crippen LogP) is 4.29. The van der Waals surface area contributed by atoms with Gasteiger partial charge >= 0.3 is 0 Å². The Morgan fingerprint density at radius 3 is 2.50 bits per heavy atom. The molecular formula is C12H9Br2NO. The van der Waals surface area contributed by atoms with E-state index in [1.807, 2.05) is 25.1 Å². The van der Waals surface area contributed by atoms with Crippen molar-refractivity contribution >= 4 is 31.9 Å². The van der Waals surface area contributed by atoms with Gasteiger partial charge in [0.15, 0.2) is 0 Å². The van der Waals surface area contributed by atoms with Crippen LogP contribution in [-0.4, -0.2) is 10.1 Å². The van der Waals surface area contributed by atoms with Crippen LogP contribution in [0.1, 0.15) is 5.69 Å². The summed E-state index contributed by atoms with van der Waals surface area (Å²) < 4.78 is 1.68. The highest BCUT2D eigenvalue weighted by Crippen LogP contribution is 2.36. The summed E-state index contributed by atoms with van der Waals surface area (Å²) in [6.07, 6.45) is 0. The van der Waals surface area contributed by atoms with Crippen molar-refractivity contribution in [3.8, 4) is 16.9 Å². The van der Waals surface area contributed by atoms with Crippen LogP contribution in [0.2, 0.25) is 0 Å². The van der Waals surface area contributed by atoms with E-state index >= 15 is 0 Å². The lowest BCUT2D eigenvalue weighted by molar-refractivity contribution is 0.477. The molecule has 0 atom stereocenters. The number of aromatic nitrogens is 1. The van der Waals surface area contributed by atoms with Crippen molar-refractivity contribution in [2.45, 2.75) is 6.92 Å². The molecule has 0 unspecified atom stereocenters. The first-order chi connectivity index (χ1) is 7.59. The summed E-state index contributed by atoms with van der Waals surface area (Å²) in [7, 11) is 0. The number of halogens is 2. The van der Waals surface area contributed by atoms with Crippen molar-refractivity contribution in [1.29, 1.82) is 0 Å². The fraction of sp³-hybridized carbons (Fsp3) is 0.0833. The van der Waals surface area contributed by atoms with E-state index in [9.17, 15) is 5.11 Å². The zero-order chi connectivity index (χ0) is 11.7. The van der Waals surface area contributed by atoms with Gasteiger partial charge in [0.25, 0.3) is 0 Å². The molecule has 0 radical (unpaired) electrons. The fourth-order valence-electron chi connectivity index (χ4n) is 1.61. The standard InChI is InChI=1S/C12H9Br2NO/c1-7-12(9(13)6-11(14)15-7)8-4-2-3-5-10(8)16/h2-6,16H,1H3. The number of para-hydroxylation sites is 1. The molecule has 1 heterocycles. The molecule has 0 aliphatic rings.